The van der Waals surface area contributed by atoms with E-state index in [1.807, 2.05) is 0 Å². The molecule has 3 aliphatic heterocycles. The Balaban J connectivity index is 1.35. The average Bonchev–Trinajstić information content (AvgIpc) is 3.61. The number of amidine groups is 2. The number of nitrogens with two attached hydrogens (primary N) is 1. The fourth-order valence-electron chi connectivity index (χ4n) is 4.62. The molecular formula is C29H23N5O10S. The molecule has 1 fully saturated rings. The smallest absolute Gasteiger partial charge is 0.367 e. The summed E-state index contributed by atoms with van der Waals surface area (Å²) in [5, 5.41) is 4.56. The second kappa shape index (κ2) is 12.2. The van der Waals surface area contributed by atoms with Crippen molar-refractivity contribution in [1.82, 2.24) is 5.06 Å². The lowest BCUT2D eigenvalue weighted by Gasteiger charge is -2.28. The number of hydroxylamine groups is 2. The third kappa shape index (κ3) is 6.22. The number of esters is 3. The minimum absolute atomic E-state index is 0.150. The minimum Gasteiger partial charge on any atom is -0.459 e. The van der Waals surface area contributed by atoms with Crippen LogP contribution in [0.4, 0.5) is 0 Å². The summed E-state index contributed by atoms with van der Waals surface area (Å²) in [6.07, 6.45) is -5.72. The number of benzene rings is 3. The Bertz CT molecular complexity index is 1820. The molecule has 2 N–H and O–H groups in total. The summed E-state index contributed by atoms with van der Waals surface area (Å²) in [6, 6.07) is 24.0. The summed E-state index contributed by atoms with van der Waals surface area (Å²) in [5.41, 5.74) is 6.11. The molecule has 0 unspecified atom stereocenters. The van der Waals surface area contributed by atoms with Gasteiger partial charge in [-0.2, -0.15) is 8.42 Å². The standard InChI is InChI=1S/C29H23N5O10S/c30-24-21-25(33-45(38,39)32-24)34(44-31-21)26-23(43-29(37)19-14-8-3-9-15-19)22(42-28(36)18-12-6-2-7-13-18)20(41-26)16-40-27(35)17-10-4-1-5-11-17/h1-15,20,22-23,26H,16H2,(H2,30,32)/t20-,22-,23-,26-/m1/s1. The van der Waals surface area contributed by atoms with Crippen LogP contribution in [0.3, 0.4) is 0 Å². The Kier molecular flexibility index (Phi) is 7.97. The topological polar surface area (TPSA) is 198 Å². The number of ether oxygens (including phenoxy) is 4. The second-order valence-corrected chi connectivity index (χ2v) is 10.9. The van der Waals surface area contributed by atoms with E-state index >= 15 is 0 Å². The van der Waals surface area contributed by atoms with E-state index in [4.69, 9.17) is 29.6 Å². The molecule has 4 atom stereocenters. The van der Waals surface area contributed by atoms with E-state index in [2.05, 4.69) is 14.0 Å². The third-order valence-electron chi connectivity index (χ3n) is 6.71. The normalized spacial score (nSPS) is 23.0. The van der Waals surface area contributed by atoms with Gasteiger partial charge in [0.05, 0.1) is 16.7 Å². The Morgan fingerprint density at radius 3 is 1.82 bits per heavy atom. The molecule has 3 aromatic carbocycles. The molecule has 0 spiro atoms. The van der Waals surface area contributed by atoms with Crippen molar-refractivity contribution in [1.29, 1.82) is 0 Å². The highest BCUT2D eigenvalue weighted by Gasteiger charge is 2.56. The predicted molar refractivity (Wildman–Crippen MR) is 155 cm³/mol. The molecule has 0 radical (unpaired) electrons. The molecule has 3 heterocycles. The number of hydrogen-bond donors (Lipinski definition) is 1. The molecule has 6 rings (SSSR count). The van der Waals surface area contributed by atoms with Crippen molar-refractivity contribution in [2.24, 2.45) is 19.7 Å². The van der Waals surface area contributed by atoms with E-state index in [0.29, 0.717) is 0 Å². The molecule has 230 valence electrons. The Hall–Kier alpha value is -5.61. The molecule has 1 saturated heterocycles. The van der Waals surface area contributed by atoms with Gasteiger partial charge in [0.1, 0.15) is 12.7 Å². The van der Waals surface area contributed by atoms with Gasteiger partial charge in [0.2, 0.25) is 12.1 Å². The summed E-state index contributed by atoms with van der Waals surface area (Å²) in [7, 11) is -4.44. The molecule has 0 amide bonds. The first kappa shape index (κ1) is 29.5. The largest absolute Gasteiger partial charge is 0.459 e. The van der Waals surface area contributed by atoms with Crippen molar-refractivity contribution in [2.45, 2.75) is 24.5 Å². The van der Waals surface area contributed by atoms with E-state index in [-0.39, 0.29) is 22.4 Å². The molecule has 0 bridgehead atoms. The average molecular weight is 634 g/mol. The van der Waals surface area contributed by atoms with Crippen LogP contribution in [0.2, 0.25) is 0 Å². The molecule has 0 aliphatic carbocycles. The molecule has 3 aromatic rings. The lowest BCUT2D eigenvalue weighted by molar-refractivity contribution is -0.212. The van der Waals surface area contributed by atoms with E-state index < -0.39 is 70.9 Å². The van der Waals surface area contributed by atoms with Crippen LogP contribution < -0.4 is 5.73 Å². The zero-order valence-corrected chi connectivity index (χ0v) is 23.9. The first-order chi connectivity index (χ1) is 21.7. The van der Waals surface area contributed by atoms with Crippen molar-refractivity contribution < 1.29 is 46.7 Å². The molecule has 0 aromatic heterocycles. The van der Waals surface area contributed by atoms with Crippen LogP contribution in [0, 0.1) is 0 Å². The monoisotopic (exact) mass is 633 g/mol. The first-order valence-electron chi connectivity index (χ1n) is 13.4. The van der Waals surface area contributed by atoms with Gasteiger partial charge in [-0.25, -0.2) is 14.4 Å². The fourth-order valence-corrected chi connectivity index (χ4v) is 5.38. The molecule has 16 heteroatoms. The second-order valence-electron chi connectivity index (χ2n) is 9.69. The van der Waals surface area contributed by atoms with Crippen molar-refractivity contribution in [3.8, 4) is 0 Å². The summed E-state index contributed by atoms with van der Waals surface area (Å²) in [5.74, 6) is -3.26. The van der Waals surface area contributed by atoms with E-state index in [1.54, 1.807) is 66.7 Å². The lowest BCUT2D eigenvalue weighted by atomic mass is 10.1. The zero-order chi connectivity index (χ0) is 31.6. The van der Waals surface area contributed by atoms with Crippen LogP contribution in [0.1, 0.15) is 31.1 Å². The van der Waals surface area contributed by atoms with E-state index in [0.717, 1.165) is 5.06 Å². The van der Waals surface area contributed by atoms with Gasteiger partial charge in [-0.15, -0.1) is 13.9 Å². The van der Waals surface area contributed by atoms with Crippen LogP contribution in [0.15, 0.2) is 105 Å². The first-order valence-corrected chi connectivity index (χ1v) is 14.7. The number of fused-ring (bicyclic) bond motifs is 1. The van der Waals surface area contributed by atoms with Crippen molar-refractivity contribution >= 4 is 45.5 Å². The van der Waals surface area contributed by atoms with Gasteiger partial charge in [-0.05, 0) is 41.6 Å². The summed E-state index contributed by atoms with van der Waals surface area (Å²) >= 11 is 0. The van der Waals surface area contributed by atoms with E-state index in [9.17, 15) is 22.8 Å². The highest BCUT2D eigenvalue weighted by Crippen LogP contribution is 2.33. The van der Waals surface area contributed by atoms with Crippen LogP contribution >= 0.6 is 0 Å². The van der Waals surface area contributed by atoms with Crippen LogP contribution in [-0.2, 0) is 34.1 Å². The number of nitrogens with zero attached hydrogens (tertiary/aromatic N) is 4. The molecular weight excluding hydrogens is 610 g/mol. The lowest BCUT2D eigenvalue weighted by Crippen LogP contribution is -2.50. The quantitative estimate of drug-likeness (QED) is 0.278. The maximum Gasteiger partial charge on any atom is 0.367 e. The third-order valence-corrected chi connectivity index (χ3v) is 7.54. The van der Waals surface area contributed by atoms with Gasteiger partial charge in [0.15, 0.2) is 23.8 Å². The maximum absolute atomic E-state index is 13.3. The number of carbonyl (C=O) groups excluding carboxylic acids is 3. The maximum atomic E-state index is 13.3. The predicted octanol–water partition coefficient (Wildman–Crippen LogP) is 1.64. The van der Waals surface area contributed by atoms with Crippen LogP contribution in [-0.4, -0.2) is 79.9 Å². The molecule has 0 saturated carbocycles. The summed E-state index contributed by atoms with van der Waals surface area (Å²) in [4.78, 5) is 44.7. The van der Waals surface area contributed by atoms with E-state index in [1.165, 1.54) is 24.3 Å². The van der Waals surface area contributed by atoms with Crippen LogP contribution in [0.5, 0.6) is 0 Å². The molecule has 45 heavy (non-hydrogen) atoms. The highest BCUT2D eigenvalue weighted by atomic mass is 32.2. The van der Waals surface area contributed by atoms with Crippen molar-refractivity contribution in [3.05, 3.63) is 108 Å². The number of oxime groups is 1. The minimum atomic E-state index is -4.44. The van der Waals surface area contributed by atoms with Gasteiger partial charge >= 0.3 is 28.1 Å². The highest BCUT2D eigenvalue weighted by molar-refractivity contribution is 7.89. The van der Waals surface area contributed by atoms with Crippen molar-refractivity contribution in [3.63, 3.8) is 0 Å². The SMILES string of the molecule is NC1=NS(=O)(=O)N=C2C1=NON2[C@@H]1O[C@H](COC(=O)c2ccccc2)[C@@H](OC(=O)c2ccccc2)[C@H]1OC(=O)c1ccccc1. The molecule has 15 nitrogen and oxygen atoms in total. The Morgan fingerprint density at radius 2 is 1.27 bits per heavy atom. The molecule has 3 aliphatic rings. The van der Waals surface area contributed by atoms with Gasteiger partial charge in [0.25, 0.3) is 0 Å². The number of hydrogen-bond acceptors (Lipinski definition) is 13. The Morgan fingerprint density at radius 1 is 0.756 bits per heavy atom. The summed E-state index contributed by atoms with van der Waals surface area (Å²) in [6.45, 7) is -0.480. The van der Waals surface area contributed by atoms with Gasteiger partial charge in [0, 0.05) is 0 Å². The van der Waals surface area contributed by atoms with Crippen molar-refractivity contribution in [2.75, 3.05) is 6.61 Å². The van der Waals surface area contributed by atoms with Crippen LogP contribution in [0.25, 0.3) is 0 Å². The fraction of sp³-hybridized carbons (Fsp3) is 0.172. The Labute approximate surface area is 255 Å². The number of rotatable bonds is 8. The number of carbonyl (C=O) groups is 3. The summed E-state index contributed by atoms with van der Waals surface area (Å²) < 4.78 is 54.7. The van der Waals surface area contributed by atoms with Gasteiger partial charge < -0.3 is 24.7 Å². The van der Waals surface area contributed by atoms with Gasteiger partial charge in [-0.3, -0.25) is 4.94 Å². The zero-order valence-electron chi connectivity index (χ0n) is 23.0. The van der Waals surface area contributed by atoms with Gasteiger partial charge in [-0.1, -0.05) is 54.6 Å².